The first kappa shape index (κ1) is 16.8. The Morgan fingerprint density at radius 3 is 2.50 bits per heavy atom. The molecule has 0 radical (unpaired) electrons. The summed E-state index contributed by atoms with van der Waals surface area (Å²) in [5, 5.41) is 51.1. The van der Waals surface area contributed by atoms with Crippen LogP contribution in [0.25, 0.3) is 0 Å². The number of ether oxygens (including phenoxy) is 1. The third-order valence-corrected chi connectivity index (χ3v) is 2.78. The molecule has 0 bridgehead atoms. The molecule has 1 amide bonds. The van der Waals surface area contributed by atoms with Crippen LogP contribution in [0, 0.1) is 0 Å². The number of hydrogen-bond acceptors (Lipinski definition) is 8. The molecule has 1 rings (SSSR count). The van der Waals surface area contributed by atoms with Gasteiger partial charge >= 0.3 is 5.97 Å². The van der Waals surface area contributed by atoms with Crippen LogP contribution in [0.2, 0.25) is 0 Å². The van der Waals surface area contributed by atoms with E-state index in [9.17, 15) is 30.0 Å². The molecule has 4 atom stereocenters. The zero-order valence-corrected chi connectivity index (χ0v) is 10.5. The van der Waals surface area contributed by atoms with Crippen LogP contribution in [-0.2, 0) is 14.3 Å². The summed E-state index contributed by atoms with van der Waals surface area (Å²) in [4.78, 5) is 21.4. The fraction of sp³-hybridized carbons (Fsp3) is 0.800. The summed E-state index contributed by atoms with van der Waals surface area (Å²) in [6.45, 7) is -1.61. The number of aliphatic hydroxyl groups excluding tert-OH is 3. The van der Waals surface area contributed by atoms with Gasteiger partial charge in [0.25, 0.3) is 0 Å². The van der Waals surface area contributed by atoms with Gasteiger partial charge in [-0.25, -0.2) is 0 Å². The Kier molecular flexibility index (Phi) is 5.80. The average Bonchev–Trinajstić information content (AvgIpc) is 2.39. The number of carboxylic acid groups (broad SMARTS) is 1. The van der Waals surface area contributed by atoms with E-state index in [0.29, 0.717) is 0 Å². The Labute approximate surface area is 114 Å². The molecule has 0 unspecified atom stereocenters. The second-order valence-electron chi connectivity index (χ2n) is 4.43. The van der Waals surface area contributed by atoms with E-state index in [1.165, 1.54) is 0 Å². The topological polar surface area (TPSA) is 169 Å². The molecule has 0 aliphatic carbocycles. The summed E-state index contributed by atoms with van der Waals surface area (Å²) < 4.78 is 4.85. The minimum absolute atomic E-state index is 0.315. The maximum atomic E-state index is 11.2. The van der Waals surface area contributed by atoms with E-state index in [4.69, 9.17) is 9.84 Å². The van der Waals surface area contributed by atoms with Crippen molar-refractivity contribution in [2.75, 3.05) is 26.2 Å². The Hall–Kier alpha value is -1.30. The second-order valence-corrected chi connectivity index (χ2v) is 4.43. The lowest BCUT2D eigenvalue weighted by molar-refractivity contribution is -0.317. The molecule has 1 fully saturated rings. The maximum Gasteiger partial charge on any atom is 0.322 e. The summed E-state index contributed by atoms with van der Waals surface area (Å²) in [5.41, 5.74) is 0. The minimum atomic E-state index is -2.15. The van der Waals surface area contributed by atoms with E-state index in [-0.39, 0.29) is 13.2 Å². The fourth-order valence-corrected chi connectivity index (χ4v) is 1.64. The van der Waals surface area contributed by atoms with Crippen molar-refractivity contribution in [1.82, 2.24) is 10.6 Å². The third-order valence-electron chi connectivity index (χ3n) is 2.78. The Morgan fingerprint density at radius 1 is 1.25 bits per heavy atom. The molecule has 0 spiro atoms. The van der Waals surface area contributed by atoms with Crippen LogP contribution in [0.15, 0.2) is 0 Å². The van der Waals surface area contributed by atoms with E-state index in [1.54, 1.807) is 0 Å². The van der Waals surface area contributed by atoms with Crippen LogP contribution in [-0.4, -0.2) is 87.7 Å². The smallest absolute Gasteiger partial charge is 0.322 e. The lowest BCUT2D eigenvalue weighted by atomic mass is 9.97. The molecule has 0 aromatic carbocycles. The van der Waals surface area contributed by atoms with Gasteiger partial charge in [-0.05, 0) is 0 Å². The van der Waals surface area contributed by atoms with Gasteiger partial charge in [-0.15, -0.1) is 0 Å². The van der Waals surface area contributed by atoms with Crippen molar-refractivity contribution in [3.63, 3.8) is 0 Å². The number of carboxylic acids is 1. The van der Waals surface area contributed by atoms with Crippen LogP contribution in [0.1, 0.15) is 0 Å². The van der Waals surface area contributed by atoms with E-state index in [2.05, 4.69) is 10.6 Å². The Morgan fingerprint density at radius 2 is 1.90 bits per heavy atom. The SMILES string of the molecule is O=C(O)CNC(=O)CNC[C@@]1(O)OC[C@@H](O)[C@@H](O)[C@@H]1O. The molecule has 10 nitrogen and oxygen atoms in total. The quantitative estimate of drug-likeness (QED) is 0.255. The van der Waals surface area contributed by atoms with Crippen molar-refractivity contribution in [1.29, 1.82) is 0 Å². The molecular formula is C10H18N2O8. The van der Waals surface area contributed by atoms with Crippen molar-refractivity contribution in [2.24, 2.45) is 0 Å². The molecule has 0 aromatic rings. The molecule has 1 aliphatic rings. The minimum Gasteiger partial charge on any atom is -0.480 e. The monoisotopic (exact) mass is 294 g/mol. The number of hydrogen-bond donors (Lipinski definition) is 7. The molecule has 0 aromatic heterocycles. The molecule has 10 heteroatoms. The van der Waals surface area contributed by atoms with E-state index < -0.39 is 49.1 Å². The van der Waals surface area contributed by atoms with Gasteiger partial charge in [0, 0.05) is 0 Å². The summed E-state index contributed by atoms with van der Waals surface area (Å²) in [6.07, 6.45) is -4.64. The molecule has 116 valence electrons. The fourth-order valence-electron chi connectivity index (χ4n) is 1.64. The number of aliphatic carboxylic acids is 1. The van der Waals surface area contributed by atoms with Gasteiger partial charge in [-0.2, -0.15) is 0 Å². The molecule has 0 saturated carbocycles. The summed E-state index contributed by atoms with van der Waals surface area (Å²) in [6, 6.07) is 0. The van der Waals surface area contributed by atoms with Gasteiger partial charge in [0.15, 0.2) is 0 Å². The number of amides is 1. The highest BCUT2D eigenvalue weighted by atomic mass is 16.6. The van der Waals surface area contributed by atoms with Crippen molar-refractivity contribution in [3.8, 4) is 0 Å². The Balaban J connectivity index is 2.37. The predicted octanol–water partition coefficient (Wildman–Crippen LogP) is -4.42. The van der Waals surface area contributed by atoms with E-state index in [1.807, 2.05) is 0 Å². The van der Waals surface area contributed by atoms with Gasteiger partial charge in [-0.3, -0.25) is 9.59 Å². The highest BCUT2D eigenvalue weighted by molar-refractivity contribution is 5.82. The predicted molar refractivity (Wildman–Crippen MR) is 62.4 cm³/mol. The lowest BCUT2D eigenvalue weighted by Crippen LogP contribution is -2.64. The standard InChI is InChI=1S/C10H18N2O8/c13-5-3-20-10(19,9(18)8(5)17)4-11-1-6(14)12-2-7(15)16/h5,8-9,11,13,17-19H,1-4H2,(H,12,14)(H,15,16)/t5-,8-,9+,10-/m1/s1. The van der Waals surface area contributed by atoms with Gasteiger partial charge in [0.05, 0.1) is 19.7 Å². The lowest BCUT2D eigenvalue weighted by Gasteiger charge is -2.41. The first-order valence-electron chi connectivity index (χ1n) is 5.86. The zero-order chi connectivity index (χ0) is 15.3. The Bertz CT molecular complexity index is 365. The van der Waals surface area contributed by atoms with Crippen LogP contribution < -0.4 is 10.6 Å². The summed E-state index contributed by atoms with van der Waals surface area (Å²) >= 11 is 0. The molecule has 1 aliphatic heterocycles. The van der Waals surface area contributed by atoms with Crippen molar-refractivity contribution in [3.05, 3.63) is 0 Å². The molecular weight excluding hydrogens is 276 g/mol. The van der Waals surface area contributed by atoms with Gasteiger partial charge in [0.1, 0.15) is 24.9 Å². The molecule has 1 saturated heterocycles. The van der Waals surface area contributed by atoms with Gasteiger partial charge in [0.2, 0.25) is 11.7 Å². The third kappa shape index (κ3) is 4.37. The number of aliphatic hydroxyl groups is 4. The number of carbonyl (C=O) groups is 2. The molecule has 7 N–H and O–H groups in total. The van der Waals surface area contributed by atoms with Crippen LogP contribution >= 0.6 is 0 Å². The average molecular weight is 294 g/mol. The first-order chi connectivity index (χ1) is 9.26. The maximum absolute atomic E-state index is 11.2. The number of carbonyl (C=O) groups excluding carboxylic acids is 1. The first-order valence-corrected chi connectivity index (χ1v) is 5.86. The molecule has 20 heavy (non-hydrogen) atoms. The van der Waals surface area contributed by atoms with Crippen molar-refractivity contribution < 1.29 is 39.9 Å². The molecule has 1 heterocycles. The highest BCUT2D eigenvalue weighted by Gasteiger charge is 2.48. The van der Waals surface area contributed by atoms with E-state index in [0.717, 1.165) is 0 Å². The van der Waals surface area contributed by atoms with Crippen LogP contribution in [0.5, 0.6) is 0 Å². The highest BCUT2D eigenvalue weighted by Crippen LogP contribution is 2.23. The summed E-state index contributed by atoms with van der Waals surface area (Å²) in [7, 11) is 0. The van der Waals surface area contributed by atoms with Gasteiger partial charge in [-0.1, -0.05) is 0 Å². The largest absolute Gasteiger partial charge is 0.480 e. The van der Waals surface area contributed by atoms with Gasteiger partial charge < -0.3 is 40.9 Å². The van der Waals surface area contributed by atoms with Crippen molar-refractivity contribution >= 4 is 11.9 Å². The zero-order valence-electron chi connectivity index (χ0n) is 10.5. The summed E-state index contributed by atoms with van der Waals surface area (Å²) in [5.74, 6) is -3.96. The van der Waals surface area contributed by atoms with Crippen LogP contribution in [0.4, 0.5) is 0 Å². The number of nitrogens with one attached hydrogen (secondary N) is 2. The normalized spacial score (nSPS) is 33.7. The van der Waals surface area contributed by atoms with E-state index >= 15 is 0 Å². The number of rotatable bonds is 6. The van der Waals surface area contributed by atoms with Crippen molar-refractivity contribution in [2.45, 2.75) is 24.1 Å². The second kappa shape index (κ2) is 6.92. The van der Waals surface area contributed by atoms with Crippen LogP contribution in [0.3, 0.4) is 0 Å².